The van der Waals surface area contributed by atoms with Gasteiger partial charge in [-0.25, -0.2) is 4.79 Å². The lowest BCUT2D eigenvalue weighted by atomic mass is 10.1. The molecule has 0 aliphatic heterocycles. The predicted molar refractivity (Wildman–Crippen MR) is 124 cm³/mol. The normalized spacial score (nSPS) is 11.5. The van der Waals surface area contributed by atoms with Crippen molar-refractivity contribution in [2.75, 3.05) is 11.9 Å². The fourth-order valence-corrected chi connectivity index (χ4v) is 3.36. The van der Waals surface area contributed by atoms with Gasteiger partial charge >= 0.3 is 5.97 Å². The summed E-state index contributed by atoms with van der Waals surface area (Å²) in [6.07, 6.45) is 0. The predicted octanol–water partition coefficient (Wildman–Crippen LogP) is 4.72. The van der Waals surface area contributed by atoms with Crippen molar-refractivity contribution in [3.63, 3.8) is 0 Å². The van der Waals surface area contributed by atoms with Crippen LogP contribution in [0.15, 0.2) is 89.3 Å². The van der Waals surface area contributed by atoms with Crippen LogP contribution in [0.4, 0.5) is 5.69 Å². The number of carbonyl (C=O) groups excluding carboxylic acids is 3. The van der Waals surface area contributed by atoms with Gasteiger partial charge in [-0.1, -0.05) is 60.7 Å². The minimum atomic E-state index is -0.746. The first kappa shape index (κ1) is 21.8. The molecule has 2 amide bonds. The quantitative estimate of drug-likeness (QED) is 0.404. The largest absolute Gasteiger partial charge is 0.450 e. The fraction of sp³-hybridized carbons (Fsp3) is 0.115. The Hall–Kier alpha value is -4.39. The third-order valence-corrected chi connectivity index (χ3v) is 5.05. The Kier molecular flexibility index (Phi) is 6.50. The highest BCUT2D eigenvalue weighted by molar-refractivity contribution is 6.04. The van der Waals surface area contributed by atoms with E-state index in [9.17, 15) is 14.4 Å². The topological polar surface area (TPSA) is 97.6 Å². The SMILES string of the molecule is CC(NC(=O)c1ccccc1NC(=O)COC(=O)c1cc2ccccc2o1)c1ccccc1. The van der Waals surface area contributed by atoms with Crippen LogP contribution in [-0.4, -0.2) is 24.4 Å². The summed E-state index contributed by atoms with van der Waals surface area (Å²) in [6.45, 7) is 1.36. The van der Waals surface area contributed by atoms with E-state index >= 15 is 0 Å². The number of esters is 1. The van der Waals surface area contributed by atoms with E-state index in [-0.39, 0.29) is 17.7 Å². The summed E-state index contributed by atoms with van der Waals surface area (Å²) in [5.74, 6) is -1.64. The minimum Gasteiger partial charge on any atom is -0.450 e. The Bertz CT molecular complexity index is 1260. The van der Waals surface area contributed by atoms with Crippen molar-refractivity contribution < 1.29 is 23.5 Å². The van der Waals surface area contributed by atoms with Gasteiger partial charge in [0, 0.05) is 5.39 Å². The fourth-order valence-electron chi connectivity index (χ4n) is 3.36. The molecule has 0 saturated carbocycles. The molecule has 0 bridgehead atoms. The molecule has 0 fully saturated rings. The Morgan fingerprint density at radius 1 is 0.909 bits per heavy atom. The van der Waals surface area contributed by atoms with Crippen molar-refractivity contribution in [1.82, 2.24) is 5.32 Å². The highest BCUT2D eigenvalue weighted by Crippen LogP contribution is 2.20. The number of benzene rings is 3. The van der Waals surface area contributed by atoms with E-state index in [1.165, 1.54) is 0 Å². The summed E-state index contributed by atoms with van der Waals surface area (Å²) in [5, 5.41) is 6.32. The zero-order chi connectivity index (χ0) is 23.2. The molecule has 0 radical (unpaired) electrons. The molecule has 2 N–H and O–H groups in total. The van der Waals surface area contributed by atoms with Crippen molar-refractivity contribution in [1.29, 1.82) is 0 Å². The van der Waals surface area contributed by atoms with Gasteiger partial charge in [-0.05, 0) is 36.8 Å². The van der Waals surface area contributed by atoms with E-state index in [4.69, 9.17) is 9.15 Å². The maximum absolute atomic E-state index is 12.8. The van der Waals surface area contributed by atoms with Crippen molar-refractivity contribution in [2.24, 2.45) is 0 Å². The van der Waals surface area contributed by atoms with Crippen LogP contribution in [0.5, 0.6) is 0 Å². The molecule has 0 spiro atoms. The number of carbonyl (C=O) groups is 3. The van der Waals surface area contributed by atoms with Crippen LogP contribution in [-0.2, 0) is 9.53 Å². The van der Waals surface area contributed by atoms with Crippen LogP contribution >= 0.6 is 0 Å². The van der Waals surface area contributed by atoms with Crippen molar-refractivity contribution in [3.05, 3.63) is 102 Å². The van der Waals surface area contributed by atoms with Crippen molar-refractivity contribution in [3.8, 4) is 0 Å². The van der Waals surface area contributed by atoms with Gasteiger partial charge < -0.3 is 19.8 Å². The molecule has 1 atom stereocenters. The van der Waals surface area contributed by atoms with Crippen LogP contribution in [0, 0.1) is 0 Å². The van der Waals surface area contributed by atoms with Crippen LogP contribution in [0.3, 0.4) is 0 Å². The molecule has 33 heavy (non-hydrogen) atoms. The van der Waals surface area contributed by atoms with Crippen molar-refractivity contribution in [2.45, 2.75) is 13.0 Å². The van der Waals surface area contributed by atoms with Crippen LogP contribution in [0.2, 0.25) is 0 Å². The van der Waals surface area contributed by atoms with Crippen LogP contribution < -0.4 is 10.6 Å². The Labute approximate surface area is 190 Å². The maximum atomic E-state index is 12.8. The Morgan fingerprint density at radius 3 is 2.39 bits per heavy atom. The van der Waals surface area contributed by atoms with Gasteiger partial charge in [0.25, 0.3) is 11.8 Å². The molecule has 0 aliphatic rings. The molecule has 4 aromatic rings. The smallest absolute Gasteiger partial charge is 0.374 e. The molecular weight excluding hydrogens is 420 g/mol. The first-order chi connectivity index (χ1) is 16.0. The molecule has 7 heteroatoms. The van der Waals surface area contributed by atoms with Crippen molar-refractivity contribution >= 4 is 34.4 Å². The van der Waals surface area contributed by atoms with E-state index in [1.54, 1.807) is 42.5 Å². The molecule has 0 aliphatic carbocycles. The average molecular weight is 442 g/mol. The number of nitrogens with one attached hydrogen (secondary N) is 2. The maximum Gasteiger partial charge on any atom is 0.374 e. The number of hydrogen-bond acceptors (Lipinski definition) is 5. The third-order valence-electron chi connectivity index (χ3n) is 5.05. The second kappa shape index (κ2) is 9.82. The molecule has 1 aromatic heterocycles. The number of fused-ring (bicyclic) bond motifs is 1. The van der Waals surface area contributed by atoms with Crippen LogP contribution in [0.1, 0.15) is 39.4 Å². The summed E-state index contributed by atoms with van der Waals surface area (Å²) in [7, 11) is 0. The van der Waals surface area contributed by atoms with Gasteiger partial charge in [0.05, 0.1) is 17.3 Å². The zero-order valence-electron chi connectivity index (χ0n) is 17.9. The number of para-hydroxylation sites is 2. The van der Waals surface area contributed by atoms with Gasteiger partial charge in [-0.3, -0.25) is 9.59 Å². The summed E-state index contributed by atoms with van der Waals surface area (Å²) >= 11 is 0. The Morgan fingerprint density at radius 2 is 1.61 bits per heavy atom. The third kappa shape index (κ3) is 5.27. The van der Waals surface area contributed by atoms with Gasteiger partial charge in [-0.2, -0.15) is 0 Å². The number of anilines is 1. The molecule has 3 aromatic carbocycles. The second-order valence-corrected chi connectivity index (χ2v) is 7.42. The van der Waals surface area contributed by atoms with Gasteiger partial charge in [0.2, 0.25) is 5.76 Å². The molecule has 4 rings (SSSR count). The highest BCUT2D eigenvalue weighted by Gasteiger charge is 2.18. The molecular formula is C26H22N2O5. The lowest BCUT2D eigenvalue weighted by Gasteiger charge is -2.16. The second-order valence-electron chi connectivity index (χ2n) is 7.42. The minimum absolute atomic E-state index is 0.0127. The number of furan rings is 1. The number of ether oxygens (including phenoxy) is 1. The van der Waals surface area contributed by atoms with E-state index < -0.39 is 18.5 Å². The summed E-state index contributed by atoms with van der Waals surface area (Å²) in [6, 6.07) is 24.7. The number of rotatable bonds is 7. The van der Waals surface area contributed by atoms with E-state index in [2.05, 4.69) is 10.6 Å². The monoisotopic (exact) mass is 442 g/mol. The number of amides is 2. The zero-order valence-corrected chi connectivity index (χ0v) is 17.9. The van der Waals surface area contributed by atoms with E-state index in [0.717, 1.165) is 10.9 Å². The standard InChI is InChI=1S/C26H22N2O5/c1-17(18-9-3-2-4-10-18)27-25(30)20-12-6-7-13-21(20)28-24(29)16-32-26(31)23-15-19-11-5-8-14-22(19)33-23/h2-15,17H,16H2,1H3,(H,27,30)(H,28,29). The molecule has 0 saturated heterocycles. The van der Waals surface area contributed by atoms with Gasteiger partial charge in [-0.15, -0.1) is 0 Å². The molecule has 7 nitrogen and oxygen atoms in total. The summed E-state index contributed by atoms with van der Waals surface area (Å²) in [5.41, 5.74) is 2.14. The first-order valence-electron chi connectivity index (χ1n) is 10.4. The van der Waals surface area contributed by atoms with Gasteiger partial charge in [0.15, 0.2) is 6.61 Å². The molecule has 1 heterocycles. The lowest BCUT2D eigenvalue weighted by molar-refractivity contribution is -0.119. The average Bonchev–Trinajstić information content (AvgIpc) is 3.28. The lowest BCUT2D eigenvalue weighted by Crippen LogP contribution is -2.28. The van der Waals surface area contributed by atoms with E-state index in [1.807, 2.05) is 49.4 Å². The van der Waals surface area contributed by atoms with E-state index in [0.29, 0.717) is 16.8 Å². The molecule has 1 unspecified atom stereocenters. The molecule has 166 valence electrons. The highest BCUT2D eigenvalue weighted by atomic mass is 16.5. The Balaban J connectivity index is 1.37. The summed E-state index contributed by atoms with van der Waals surface area (Å²) < 4.78 is 10.5. The first-order valence-corrected chi connectivity index (χ1v) is 10.4. The van der Waals surface area contributed by atoms with Crippen LogP contribution in [0.25, 0.3) is 11.0 Å². The number of hydrogen-bond donors (Lipinski definition) is 2. The van der Waals surface area contributed by atoms with Gasteiger partial charge in [0.1, 0.15) is 5.58 Å². The summed E-state index contributed by atoms with van der Waals surface area (Å²) in [4.78, 5) is 37.4.